The first kappa shape index (κ1) is 14.1. The van der Waals surface area contributed by atoms with Crippen LogP contribution in [0.5, 0.6) is 0 Å². The molecule has 0 radical (unpaired) electrons. The number of aliphatic hydroxyl groups is 1. The van der Waals surface area contributed by atoms with Crippen LogP contribution in [0.25, 0.3) is 11.4 Å². The Morgan fingerprint density at radius 2 is 2.25 bits per heavy atom. The fraction of sp³-hybridized carbons (Fsp3) is 0.385. The molecule has 1 amide bonds. The molecule has 2 aromatic rings. The Balaban J connectivity index is 2.09. The standard InChI is InChI=1S/C13H17N5O2/c1-13(2,8-19)7-14-12(20)10-5-3-4-9(6-10)11-15-17-18-16-11/h3-6,19H,7-8H2,1-2H3,(H,14,20)(H,15,16,17,18). The SMILES string of the molecule is CC(C)(CO)CNC(=O)c1cccc(-c2nn[nH]n2)c1. The molecule has 3 N–H and O–H groups in total. The molecule has 7 nitrogen and oxygen atoms in total. The molecule has 0 spiro atoms. The lowest BCUT2D eigenvalue weighted by Crippen LogP contribution is -2.36. The van der Waals surface area contributed by atoms with Gasteiger partial charge >= 0.3 is 0 Å². The minimum Gasteiger partial charge on any atom is -0.396 e. The summed E-state index contributed by atoms with van der Waals surface area (Å²) in [6.07, 6.45) is 0. The Kier molecular flexibility index (Phi) is 4.09. The maximum absolute atomic E-state index is 12.1. The van der Waals surface area contributed by atoms with Gasteiger partial charge in [-0.3, -0.25) is 4.79 Å². The summed E-state index contributed by atoms with van der Waals surface area (Å²) in [6, 6.07) is 6.98. The number of nitrogens with one attached hydrogen (secondary N) is 2. The van der Waals surface area contributed by atoms with Crippen molar-refractivity contribution < 1.29 is 9.90 Å². The van der Waals surface area contributed by atoms with Crippen LogP contribution in [0.1, 0.15) is 24.2 Å². The van der Waals surface area contributed by atoms with Gasteiger partial charge in [-0.2, -0.15) is 5.21 Å². The van der Waals surface area contributed by atoms with E-state index in [2.05, 4.69) is 25.9 Å². The number of tetrazole rings is 1. The molecule has 7 heteroatoms. The lowest BCUT2D eigenvalue weighted by atomic mass is 9.95. The molecule has 106 valence electrons. The van der Waals surface area contributed by atoms with Crippen molar-refractivity contribution in [2.45, 2.75) is 13.8 Å². The van der Waals surface area contributed by atoms with E-state index in [-0.39, 0.29) is 17.9 Å². The Bertz CT molecular complexity index is 580. The Morgan fingerprint density at radius 1 is 1.45 bits per heavy atom. The maximum Gasteiger partial charge on any atom is 0.251 e. The van der Waals surface area contributed by atoms with Crippen LogP contribution in [-0.2, 0) is 0 Å². The summed E-state index contributed by atoms with van der Waals surface area (Å²) < 4.78 is 0. The first-order valence-electron chi connectivity index (χ1n) is 6.25. The summed E-state index contributed by atoms with van der Waals surface area (Å²) in [7, 11) is 0. The van der Waals surface area contributed by atoms with Crippen LogP contribution >= 0.6 is 0 Å². The number of carbonyl (C=O) groups is 1. The number of aromatic amines is 1. The number of H-pyrrole nitrogens is 1. The summed E-state index contributed by atoms with van der Waals surface area (Å²) in [5, 5.41) is 25.6. The number of rotatable bonds is 5. The van der Waals surface area contributed by atoms with Gasteiger partial charge in [0.15, 0.2) is 0 Å². The molecule has 1 aromatic carbocycles. The number of aliphatic hydroxyl groups excluding tert-OH is 1. The van der Waals surface area contributed by atoms with E-state index in [1.807, 2.05) is 13.8 Å². The molecule has 0 saturated heterocycles. The number of hydrogen-bond acceptors (Lipinski definition) is 5. The van der Waals surface area contributed by atoms with Crippen molar-refractivity contribution in [2.24, 2.45) is 5.41 Å². The van der Waals surface area contributed by atoms with Gasteiger partial charge in [0, 0.05) is 29.7 Å². The van der Waals surface area contributed by atoms with E-state index < -0.39 is 0 Å². The van der Waals surface area contributed by atoms with Crippen molar-refractivity contribution in [3.63, 3.8) is 0 Å². The second kappa shape index (κ2) is 5.79. The zero-order valence-corrected chi connectivity index (χ0v) is 11.4. The van der Waals surface area contributed by atoms with Gasteiger partial charge < -0.3 is 10.4 Å². The van der Waals surface area contributed by atoms with Crippen molar-refractivity contribution in [3.05, 3.63) is 29.8 Å². The van der Waals surface area contributed by atoms with Gasteiger partial charge in [0.1, 0.15) is 0 Å². The molecular formula is C13H17N5O2. The second-order valence-corrected chi connectivity index (χ2v) is 5.32. The number of nitrogens with zero attached hydrogens (tertiary/aromatic N) is 3. The van der Waals surface area contributed by atoms with Gasteiger partial charge in [-0.25, -0.2) is 0 Å². The smallest absolute Gasteiger partial charge is 0.251 e. The molecule has 20 heavy (non-hydrogen) atoms. The molecule has 2 rings (SSSR count). The van der Waals surface area contributed by atoms with Gasteiger partial charge in [-0.1, -0.05) is 26.0 Å². The average molecular weight is 275 g/mol. The highest BCUT2D eigenvalue weighted by Crippen LogP contribution is 2.16. The van der Waals surface area contributed by atoms with Gasteiger partial charge in [-0.15, -0.1) is 10.2 Å². The van der Waals surface area contributed by atoms with Crippen LogP contribution in [0, 0.1) is 5.41 Å². The third kappa shape index (κ3) is 3.39. The van der Waals surface area contributed by atoms with E-state index in [0.717, 1.165) is 0 Å². The Hall–Kier alpha value is -2.28. The summed E-state index contributed by atoms with van der Waals surface area (Å²) in [5.74, 6) is 0.243. The molecule has 1 aromatic heterocycles. The molecule has 0 saturated carbocycles. The number of aromatic nitrogens is 4. The second-order valence-electron chi connectivity index (χ2n) is 5.32. The molecule has 0 aliphatic rings. The number of hydrogen-bond donors (Lipinski definition) is 3. The molecule has 0 aliphatic heterocycles. The Morgan fingerprint density at radius 3 is 2.90 bits per heavy atom. The minimum atomic E-state index is -0.346. The molecular weight excluding hydrogens is 258 g/mol. The largest absolute Gasteiger partial charge is 0.396 e. The van der Waals surface area contributed by atoms with Crippen LogP contribution in [0.15, 0.2) is 24.3 Å². The Labute approximate surface area is 116 Å². The molecule has 0 atom stereocenters. The first-order chi connectivity index (χ1) is 9.52. The molecule has 0 aliphatic carbocycles. The van der Waals surface area contributed by atoms with E-state index in [1.165, 1.54) is 0 Å². The molecule has 0 fully saturated rings. The summed E-state index contributed by atoms with van der Waals surface area (Å²) in [5.41, 5.74) is 0.884. The quantitative estimate of drug-likeness (QED) is 0.742. The zero-order valence-electron chi connectivity index (χ0n) is 11.4. The lowest BCUT2D eigenvalue weighted by molar-refractivity contribution is 0.0911. The van der Waals surface area contributed by atoms with Crippen molar-refractivity contribution >= 4 is 5.91 Å². The van der Waals surface area contributed by atoms with Gasteiger partial charge in [0.25, 0.3) is 5.91 Å². The maximum atomic E-state index is 12.1. The van der Waals surface area contributed by atoms with Gasteiger partial charge in [0.2, 0.25) is 5.82 Å². The number of benzene rings is 1. The van der Waals surface area contributed by atoms with E-state index in [4.69, 9.17) is 5.11 Å². The topological polar surface area (TPSA) is 104 Å². The normalized spacial score (nSPS) is 11.3. The number of amides is 1. The number of carbonyl (C=O) groups excluding carboxylic acids is 1. The van der Waals surface area contributed by atoms with E-state index >= 15 is 0 Å². The summed E-state index contributed by atoms with van der Waals surface area (Å²) in [4.78, 5) is 12.1. The first-order valence-corrected chi connectivity index (χ1v) is 6.25. The van der Waals surface area contributed by atoms with E-state index in [9.17, 15) is 4.79 Å². The fourth-order valence-corrected chi connectivity index (χ4v) is 1.56. The highest BCUT2D eigenvalue weighted by atomic mass is 16.3. The van der Waals surface area contributed by atoms with E-state index in [0.29, 0.717) is 23.5 Å². The highest BCUT2D eigenvalue weighted by Gasteiger charge is 2.18. The highest BCUT2D eigenvalue weighted by molar-refractivity contribution is 5.95. The molecule has 1 heterocycles. The van der Waals surface area contributed by atoms with Crippen molar-refractivity contribution in [1.29, 1.82) is 0 Å². The molecule has 0 bridgehead atoms. The third-order valence-electron chi connectivity index (χ3n) is 2.88. The fourth-order valence-electron chi connectivity index (χ4n) is 1.56. The van der Waals surface area contributed by atoms with Crippen molar-refractivity contribution in [2.75, 3.05) is 13.2 Å². The van der Waals surface area contributed by atoms with Crippen LogP contribution in [0.3, 0.4) is 0 Å². The van der Waals surface area contributed by atoms with Crippen LogP contribution in [0.2, 0.25) is 0 Å². The third-order valence-corrected chi connectivity index (χ3v) is 2.88. The van der Waals surface area contributed by atoms with Crippen LogP contribution in [-0.4, -0.2) is 44.8 Å². The van der Waals surface area contributed by atoms with Gasteiger partial charge in [-0.05, 0) is 17.3 Å². The predicted molar refractivity (Wildman–Crippen MR) is 72.8 cm³/mol. The van der Waals surface area contributed by atoms with E-state index in [1.54, 1.807) is 24.3 Å². The predicted octanol–water partition coefficient (Wildman–Crippen LogP) is 0.615. The van der Waals surface area contributed by atoms with Crippen LogP contribution in [0.4, 0.5) is 0 Å². The van der Waals surface area contributed by atoms with Crippen molar-refractivity contribution in [1.82, 2.24) is 25.9 Å². The van der Waals surface area contributed by atoms with Crippen molar-refractivity contribution in [3.8, 4) is 11.4 Å². The summed E-state index contributed by atoms with van der Waals surface area (Å²) >= 11 is 0. The molecule has 0 unspecified atom stereocenters. The average Bonchev–Trinajstić information content (AvgIpc) is 2.99. The van der Waals surface area contributed by atoms with Crippen LogP contribution < -0.4 is 5.32 Å². The minimum absolute atomic E-state index is 0.0101. The zero-order chi connectivity index (χ0) is 14.6. The summed E-state index contributed by atoms with van der Waals surface area (Å²) in [6.45, 7) is 4.16. The monoisotopic (exact) mass is 275 g/mol. The van der Waals surface area contributed by atoms with Gasteiger partial charge in [0.05, 0.1) is 0 Å². The lowest BCUT2D eigenvalue weighted by Gasteiger charge is -2.21.